The molecule has 0 aromatic heterocycles. The van der Waals surface area contributed by atoms with E-state index in [9.17, 15) is 9.59 Å². The highest BCUT2D eigenvalue weighted by molar-refractivity contribution is 5.70. The number of hydrogen-bond donors (Lipinski definition) is 0. The molecule has 0 N–H and O–H groups in total. The number of rotatable bonds is 12. The summed E-state index contributed by atoms with van der Waals surface area (Å²) in [5, 5.41) is 0. The number of unbranched alkanes of at least 4 members (excludes halogenated alkanes) is 4. The highest BCUT2D eigenvalue weighted by atomic mass is 16.5. The number of esters is 2. The SMILES string of the molecule is CCCCCOC(=O)CCCCC(=O)OCCCC. The van der Waals surface area contributed by atoms with Crippen LogP contribution < -0.4 is 0 Å². The topological polar surface area (TPSA) is 52.6 Å². The molecule has 4 heteroatoms. The van der Waals surface area contributed by atoms with E-state index >= 15 is 0 Å². The van der Waals surface area contributed by atoms with Crippen molar-refractivity contribution < 1.29 is 19.1 Å². The third-order valence-electron chi connectivity index (χ3n) is 2.78. The predicted molar refractivity (Wildman–Crippen MR) is 74.8 cm³/mol. The quantitative estimate of drug-likeness (QED) is 0.402. The van der Waals surface area contributed by atoms with Crippen LogP contribution in [0.25, 0.3) is 0 Å². The molecule has 0 spiro atoms. The van der Waals surface area contributed by atoms with Crippen molar-refractivity contribution >= 4 is 11.9 Å². The van der Waals surface area contributed by atoms with E-state index in [-0.39, 0.29) is 11.9 Å². The van der Waals surface area contributed by atoms with Crippen LogP contribution >= 0.6 is 0 Å². The Hall–Kier alpha value is -1.06. The summed E-state index contributed by atoms with van der Waals surface area (Å²) in [4.78, 5) is 22.6. The fraction of sp³-hybridized carbons (Fsp3) is 0.867. The predicted octanol–water partition coefficient (Wildman–Crippen LogP) is 3.62. The normalized spacial score (nSPS) is 10.2. The summed E-state index contributed by atoms with van der Waals surface area (Å²) >= 11 is 0. The van der Waals surface area contributed by atoms with Crippen molar-refractivity contribution in [2.45, 2.75) is 71.6 Å². The molecule has 112 valence electrons. The fourth-order valence-electron chi connectivity index (χ4n) is 1.55. The van der Waals surface area contributed by atoms with E-state index < -0.39 is 0 Å². The van der Waals surface area contributed by atoms with E-state index in [1.165, 1.54) is 0 Å². The molecule has 0 aliphatic rings. The maximum atomic E-state index is 11.3. The van der Waals surface area contributed by atoms with Gasteiger partial charge in [-0.25, -0.2) is 0 Å². The van der Waals surface area contributed by atoms with Crippen molar-refractivity contribution in [2.24, 2.45) is 0 Å². The Bertz CT molecular complexity index is 238. The van der Waals surface area contributed by atoms with Crippen molar-refractivity contribution in [3.05, 3.63) is 0 Å². The first-order valence-corrected chi connectivity index (χ1v) is 7.52. The molecule has 0 saturated carbocycles. The average molecular weight is 272 g/mol. The third kappa shape index (κ3) is 13.2. The largest absolute Gasteiger partial charge is 0.466 e. The van der Waals surface area contributed by atoms with Crippen LogP contribution in [0.2, 0.25) is 0 Å². The molecule has 0 atom stereocenters. The molecule has 0 bridgehead atoms. The molecule has 0 heterocycles. The number of hydrogen-bond acceptors (Lipinski definition) is 4. The zero-order valence-electron chi connectivity index (χ0n) is 12.4. The van der Waals surface area contributed by atoms with E-state index in [0.29, 0.717) is 38.9 Å². The summed E-state index contributed by atoms with van der Waals surface area (Å²) in [6, 6.07) is 0. The molecule has 0 radical (unpaired) electrons. The Morgan fingerprint density at radius 1 is 0.684 bits per heavy atom. The van der Waals surface area contributed by atoms with Gasteiger partial charge in [-0.15, -0.1) is 0 Å². The van der Waals surface area contributed by atoms with Gasteiger partial charge in [-0.05, 0) is 25.7 Å². The average Bonchev–Trinajstić information content (AvgIpc) is 2.40. The van der Waals surface area contributed by atoms with Crippen LogP contribution in [0.4, 0.5) is 0 Å². The molecule has 0 saturated heterocycles. The molecule has 0 aromatic rings. The molecule has 0 aromatic carbocycles. The number of carbonyl (C=O) groups is 2. The summed E-state index contributed by atoms with van der Waals surface area (Å²) in [6.07, 6.45) is 7.26. The lowest BCUT2D eigenvalue weighted by Crippen LogP contribution is -2.07. The van der Waals surface area contributed by atoms with E-state index in [1.807, 2.05) is 0 Å². The van der Waals surface area contributed by atoms with Gasteiger partial charge < -0.3 is 9.47 Å². The molecule has 0 aliphatic heterocycles. The van der Waals surface area contributed by atoms with E-state index in [2.05, 4.69) is 13.8 Å². The van der Waals surface area contributed by atoms with E-state index in [4.69, 9.17) is 9.47 Å². The van der Waals surface area contributed by atoms with Crippen LogP contribution in [0.15, 0.2) is 0 Å². The summed E-state index contributed by atoms with van der Waals surface area (Å²) < 4.78 is 10.1. The Morgan fingerprint density at radius 3 is 1.63 bits per heavy atom. The zero-order valence-corrected chi connectivity index (χ0v) is 12.4. The molecule has 4 nitrogen and oxygen atoms in total. The van der Waals surface area contributed by atoms with Crippen LogP contribution in [-0.4, -0.2) is 25.2 Å². The van der Waals surface area contributed by atoms with Crippen LogP contribution in [0.1, 0.15) is 71.6 Å². The monoisotopic (exact) mass is 272 g/mol. The fourth-order valence-corrected chi connectivity index (χ4v) is 1.55. The van der Waals surface area contributed by atoms with Gasteiger partial charge >= 0.3 is 11.9 Å². The lowest BCUT2D eigenvalue weighted by molar-refractivity contribution is -0.146. The first kappa shape index (κ1) is 17.9. The molecular weight excluding hydrogens is 244 g/mol. The molecule has 0 fully saturated rings. The highest BCUT2D eigenvalue weighted by Crippen LogP contribution is 2.04. The first-order valence-electron chi connectivity index (χ1n) is 7.52. The molecule has 19 heavy (non-hydrogen) atoms. The van der Waals surface area contributed by atoms with Gasteiger partial charge in [-0.1, -0.05) is 33.1 Å². The minimum Gasteiger partial charge on any atom is -0.466 e. The van der Waals surface area contributed by atoms with Gasteiger partial charge in [0, 0.05) is 12.8 Å². The summed E-state index contributed by atoms with van der Waals surface area (Å²) in [7, 11) is 0. The zero-order chi connectivity index (χ0) is 14.3. The maximum absolute atomic E-state index is 11.3. The van der Waals surface area contributed by atoms with Crippen LogP contribution in [-0.2, 0) is 19.1 Å². The van der Waals surface area contributed by atoms with Crippen molar-refractivity contribution in [3.63, 3.8) is 0 Å². The minimum absolute atomic E-state index is 0.157. The standard InChI is InChI=1S/C15H28O4/c1-3-5-9-13-19-15(17)11-8-7-10-14(16)18-12-6-4-2/h3-13H2,1-2H3. The molecule has 0 amide bonds. The van der Waals surface area contributed by atoms with E-state index in [1.54, 1.807) is 0 Å². The summed E-state index contributed by atoms with van der Waals surface area (Å²) in [5.74, 6) is -0.319. The molecule has 0 aliphatic carbocycles. The van der Waals surface area contributed by atoms with Crippen molar-refractivity contribution in [1.82, 2.24) is 0 Å². The van der Waals surface area contributed by atoms with Crippen LogP contribution in [0.5, 0.6) is 0 Å². The second kappa shape index (κ2) is 13.4. The molecule has 0 unspecified atom stereocenters. The van der Waals surface area contributed by atoms with Crippen molar-refractivity contribution in [3.8, 4) is 0 Å². The molecular formula is C15H28O4. The number of ether oxygens (including phenoxy) is 2. The lowest BCUT2D eigenvalue weighted by atomic mass is 10.2. The van der Waals surface area contributed by atoms with Crippen molar-refractivity contribution in [2.75, 3.05) is 13.2 Å². The van der Waals surface area contributed by atoms with Gasteiger partial charge in [0.2, 0.25) is 0 Å². The van der Waals surface area contributed by atoms with Gasteiger partial charge in [0.05, 0.1) is 13.2 Å². The Kier molecular flexibility index (Phi) is 12.6. The van der Waals surface area contributed by atoms with Gasteiger partial charge in [-0.2, -0.15) is 0 Å². The Morgan fingerprint density at radius 2 is 1.16 bits per heavy atom. The molecule has 0 rings (SSSR count). The summed E-state index contributed by atoms with van der Waals surface area (Å²) in [6.45, 7) is 5.20. The Balaban J connectivity index is 3.32. The first-order chi connectivity index (χ1) is 9.20. The third-order valence-corrected chi connectivity index (χ3v) is 2.78. The lowest BCUT2D eigenvalue weighted by Gasteiger charge is -2.05. The van der Waals surface area contributed by atoms with Crippen molar-refractivity contribution in [1.29, 1.82) is 0 Å². The second-order valence-electron chi connectivity index (χ2n) is 4.71. The summed E-state index contributed by atoms with van der Waals surface area (Å²) in [5.41, 5.74) is 0. The maximum Gasteiger partial charge on any atom is 0.305 e. The highest BCUT2D eigenvalue weighted by Gasteiger charge is 2.05. The second-order valence-corrected chi connectivity index (χ2v) is 4.71. The van der Waals surface area contributed by atoms with Crippen LogP contribution in [0.3, 0.4) is 0 Å². The van der Waals surface area contributed by atoms with Gasteiger partial charge in [0.25, 0.3) is 0 Å². The minimum atomic E-state index is -0.162. The van der Waals surface area contributed by atoms with Gasteiger partial charge in [0.1, 0.15) is 0 Å². The van der Waals surface area contributed by atoms with Gasteiger partial charge in [-0.3, -0.25) is 9.59 Å². The van der Waals surface area contributed by atoms with Gasteiger partial charge in [0.15, 0.2) is 0 Å². The smallest absolute Gasteiger partial charge is 0.305 e. The number of carbonyl (C=O) groups excluding carboxylic acids is 2. The van der Waals surface area contributed by atoms with Crippen LogP contribution in [0, 0.1) is 0 Å². The van der Waals surface area contributed by atoms with E-state index in [0.717, 1.165) is 32.1 Å². The Labute approximate surface area is 116 Å².